The Labute approximate surface area is 99.0 Å². The molecule has 1 fully saturated rings. The predicted octanol–water partition coefficient (Wildman–Crippen LogP) is -1.14. The van der Waals surface area contributed by atoms with Gasteiger partial charge in [0, 0.05) is 25.2 Å². The van der Waals surface area contributed by atoms with Gasteiger partial charge in [0.05, 0.1) is 5.54 Å². The number of amides is 3. The highest BCUT2D eigenvalue weighted by atomic mass is 16.2. The molecule has 0 bridgehead atoms. The predicted molar refractivity (Wildman–Crippen MR) is 59.6 cm³/mol. The minimum atomic E-state index is -0.883. The van der Waals surface area contributed by atoms with Crippen molar-refractivity contribution in [2.45, 2.75) is 25.4 Å². The fourth-order valence-electron chi connectivity index (χ4n) is 1.94. The van der Waals surface area contributed by atoms with E-state index in [4.69, 9.17) is 5.73 Å². The second-order valence-electron chi connectivity index (χ2n) is 4.87. The smallest absolute Gasteiger partial charge is 0.254 e. The molecule has 0 aromatic heterocycles. The van der Waals surface area contributed by atoms with Crippen LogP contribution in [0.5, 0.6) is 0 Å². The molecule has 3 amide bonds. The van der Waals surface area contributed by atoms with Gasteiger partial charge in [-0.15, -0.1) is 0 Å². The van der Waals surface area contributed by atoms with Gasteiger partial charge in [0.15, 0.2) is 0 Å². The molecule has 0 aromatic carbocycles. The molecule has 92 valence electrons. The summed E-state index contributed by atoms with van der Waals surface area (Å²) in [5, 5.41) is 0. The Bertz CT molecular complexity index is 410. The Hall–Kier alpha value is -1.69. The average molecular weight is 237 g/mol. The minimum absolute atomic E-state index is 0.0510. The Balaban J connectivity index is 2.15. The molecular weight excluding hydrogens is 222 g/mol. The molecule has 2 aliphatic heterocycles. The second-order valence-corrected chi connectivity index (χ2v) is 4.87. The van der Waals surface area contributed by atoms with Gasteiger partial charge in [-0.2, -0.15) is 0 Å². The summed E-state index contributed by atoms with van der Waals surface area (Å²) in [7, 11) is 0. The number of carbonyl (C=O) groups is 3. The van der Waals surface area contributed by atoms with Crippen LogP contribution in [0.15, 0.2) is 12.2 Å². The van der Waals surface area contributed by atoms with Crippen molar-refractivity contribution in [1.29, 1.82) is 0 Å². The number of rotatable bonds is 3. The number of imide groups is 1. The highest BCUT2D eigenvalue weighted by molar-refractivity contribution is 6.15. The first-order valence-corrected chi connectivity index (χ1v) is 5.45. The first kappa shape index (κ1) is 11.8. The van der Waals surface area contributed by atoms with Gasteiger partial charge in [0.2, 0.25) is 5.91 Å². The molecule has 17 heavy (non-hydrogen) atoms. The summed E-state index contributed by atoms with van der Waals surface area (Å²) in [6, 6.07) is -0.883. The first-order valence-electron chi connectivity index (χ1n) is 5.45. The van der Waals surface area contributed by atoms with Crippen LogP contribution in [0.3, 0.4) is 0 Å². The Morgan fingerprint density at radius 1 is 1.41 bits per heavy atom. The van der Waals surface area contributed by atoms with Gasteiger partial charge in [0.25, 0.3) is 11.8 Å². The van der Waals surface area contributed by atoms with Crippen molar-refractivity contribution in [3.8, 4) is 0 Å². The first-order chi connectivity index (χ1) is 7.88. The Morgan fingerprint density at radius 3 is 2.24 bits per heavy atom. The van der Waals surface area contributed by atoms with Crippen LogP contribution in [0.2, 0.25) is 0 Å². The maximum Gasteiger partial charge on any atom is 0.254 e. The molecule has 1 saturated heterocycles. The largest absolute Gasteiger partial charge is 0.332 e. The van der Waals surface area contributed by atoms with Gasteiger partial charge in [-0.1, -0.05) is 0 Å². The lowest BCUT2D eigenvalue weighted by Gasteiger charge is -2.24. The van der Waals surface area contributed by atoms with E-state index in [2.05, 4.69) is 0 Å². The minimum Gasteiger partial charge on any atom is -0.332 e. The van der Waals surface area contributed by atoms with E-state index in [-0.39, 0.29) is 18.0 Å². The van der Waals surface area contributed by atoms with Crippen LogP contribution < -0.4 is 5.73 Å². The quantitative estimate of drug-likeness (QED) is 0.497. The molecule has 2 N–H and O–H groups in total. The van der Waals surface area contributed by atoms with Crippen molar-refractivity contribution >= 4 is 17.7 Å². The standard InChI is InChI=1S/C11H15N3O3/c1-11(2)6-13(11)10(17)7(5-12)14-8(15)3-4-9(14)16/h3-4,7H,5-6,12H2,1-2H3. The van der Waals surface area contributed by atoms with Gasteiger partial charge in [-0.05, 0) is 13.8 Å². The number of carbonyl (C=O) groups excluding carboxylic acids is 3. The molecule has 0 radical (unpaired) electrons. The van der Waals surface area contributed by atoms with E-state index in [0.29, 0.717) is 6.54 Å². The van der Waals surface area contributed by atoms with Crippen molar-refractivity contribution in [1.82, 2.24) is 9.80 Å². The number of hydrogen-bond donors (Lipinski definition) is 1. The molecule has 6 nitrogen and oxygen atoms in total. The van der Waals surface area contributed by atoms with E-state index in [9.17, 15) is 14.4 Å². The molecule has 0 aliphatic carbocycles. The van der Waals surface area contributed by atoms with E-state index in [1.165, 1.54) is 0 Å². The van der Waals surface area contributed by atoms with Gasteiger partial charge in [0.1, 0.15) is 6.04 Å². The summed E-state index contributed by atoms with van der Waals surface area (Å²) in [6.45, 7) is 4.42. The molecule has 0 spiro atoms. The molecule has 1 atom stereocenters. The third kappa shape index (κ3) is 1.84. The van der Waals surface area contributed by atoms with Gasteiger partial charge >= 0.3 is 0 Å². The lowest BCUT2D eigenvalue weighted by Crippen LogP contribution is -2.51. The normalized spacial score (nSPS) is 23.2. The molecule has 0 saturated carbocycles. The van der Waals surface area contributed by atoms with Gasteiger partial charge in [-0.3, -0.25) is 19.3 Å². The van der Waals surface area contributed by atoms with E-state index >= 15 is 0 Å². The van der Waals surface area contributed by atoms with Crippen LogP contribution in [0.1, 0.15) is 13.8 Å². The number of nitrogens with two attached hydrogens (primary N) is 1. The van der Waals surface area contributed by atoms with Gasteiger partial charge < -0.3 is 10.6 Å². The topological polar surface area (TPSA) is 83.5 Å². The van der Waals surface area contributed by atoms with Crippen molar-refractivity contribution in [3.63, 3.8) is 0 Å². The summed E-state index contributed by atoms with van der Waals surface area (Å²) in [6.07, 6.45) is 2.32. The second kappa shape index (κ2) is 3.66. The van der Waals surface area contributed by atoms with Crippen LogP contribution in [-0.2, 0) is 14.4 Å². The molecule has 2 heterocycles. The zero-order valence-electron chi connectivity index (χ0n) is 9.84. The molecule has 2 rings (SSSR count). The fraction of sp³-hybridized carbons (Fsp3) is 0.545. The van der Waals surface area contributed by atoms with Crippen LogP contribution >= 0.6 is 0 Å². The Morgan fingerprint density at radius 2 is 1.88 bits per heavy atom. The highest BCUT2D eigenvalue weighted by Crippen LogP contribution is 2.32. The average Bonchev–Trinajstić information content (AvgIpc) is 2.78. The fourth-order valence-corrected chi connectivity index (χ4v) is 1.94. The zero-order valence-corrected chi connectivity index (χ0v) is 9.84. The lowest BCUT2D eigenvalue weighted by molar-refractivity contribution is -0.147. The van der Waals surface area contributed by atoms with Crippen LogP contribution in [0.4, 0.5) is 0 Å². The van der Waals surface area contributed by atoms with Crippen molar-refractivity contribution < 1.29 is 14.4 Å². The summed E-state index contributed by atoms with van der Waals surface area (Å²) in [4.78, 5) is 37.6. The van der Waals surface area contributed by atoms with E-state index in [0.717, 1.165) is 17.1 Å². The van der Waals surface area contributed by atoms with Crippen LogP contribution in [-0.4, -0.2) is 52.2 Å². The third-order valence-corrected chi connectivity index (χ3v) is 3.10. The maximum atomic E-state index is 12.1. The van der Waals surface area contributed by atoms with Crippen molar-refractivity contribution in [3.05, 3.63) is 12.2 Å². The highest BCUT2D eigenvalue weighted by Gasteiger charge is 2.50. The zero-order chi connectivity index (χ0) is 12.8. The maximum absolute atomic E-state index is 12.1. The number of nitrogens with zero attached hydrogens (tertiary/aromatic N) is 2. The van der Waals surface area contributed by atoms with E-state index in [1.807, 2.05) is 13.8 Å². The molecule has 2 aliphatic rings. The SMILES string of the molecule is CC1(C)CN1C(=O)C(CN)N1C(=O)C=CC1=O. The molecular formula is C11H15N3O3. The summed E-state index contributed by atoms with van der Waals surface area (Å²) < 4.78 is 0. The lowest BCUT2D eigenvalue weighted by atomic mass is 10.2. The van der Waals surface area contributed by atoms with Crippen LogP contribution in [0.25, 0.3) is 0 Å². The van der Waals surface area contributed by atoms with Gasteiger partial charge in [-0.25, -0.2) is 0 Å². The molecule has 6 heteroatoms. The van der Waals surface area contributed by atoms with E-state index < -0.39 is 17.9 Å². The van der Waals surface area contributed by atoms with E-state index in [1.54, 1.807) is 4.90 Å². The van der Waals surface area contributed by atoms with Crippen molar-refractivity contribution in [2.75, 3.05) is 13.1 Å². The number of hydrogen-bond acceptors (Lipinski definition) is 4. The summed E-state index contributed by atoms with van der Waals surface area (Å²) in [5.74, 6) is -1.21. The Kier molecular flexibility index (Phi) is 2.54. The summed E-state index contributed by atoms with van der Waals surface area (Å²) in [5.41, 5.74) is 5.32. The molecule has 0 aromatic rings. The van der Waals surface area contributed by atoms with Crippen LogP contribution in [0, 0.1) is 0 Å². The third-order valence-electron chi connectivity index (χ3n) is 3.10. The molecule has 1 unspecified atom stereocenters. The monoisotopic (exact) mass is 237 g/mol. The van der Waals surface area contributed by atoms with Crippen molar-refractivity contribution in [2.24, 2.45) is 5.73 Å². The summed E-state index contributed by atoms with van der Waals surface area (Å²) >= 11 is 0.